The van der Waals surface area contributed by atoms with Gasteiger partial charge in [-0.2, -0.15) is 0 Å². The lowest BCUT2D eigenvalue weighted by Gasteiger charge is -2.19. The van der Waals surface area contributed by atoms with E-state index in [4.69, 9.17) is 24.3 Å². The highest BCUT2D eigenvalue weighted by molar-refractivity contribution is 7.47. The Labute approximate surface area is 482 Å². The summed E-state index contributed by atoms with van der Waals surface area (Å²) < 4.78 is 33.1. The van der Waals surface area contributed by atoms with Crippen molar-refractivity contribution in [1.29, 1.82) is 0 Å². The second-order valence-corrected chi connectivity index (χ2v) is 23.8. The number of carbonyl (C=O) groups is 2. The van der Waals surface area contributed by atoms with Crippen LogP contribution in [-0.2, 0) is 32.7 Å². The van der Waals surface area contributed by atoms with Crippen molar-refractivity contribution in [3.63, 3.8) is 0 Å². The van der Waals surface area contributed by atoms with Gasteiger partial charge in [0.2, 0.25) is 0 Å². The largest absolute Gasteiger partial charge is 0.472 e. The van der Waals surface area contributed by atoms with Crippen LogP contribution in [0.4, 0.5) is 0 Å². The van der Waals surface area contributed by atoms with Crippen LogP contribution in [0.25, 0.3) is 0 Å². The SMILES string of the molecule is CC/C=C\C/C=C\C/C=C\C/C=C\C/C=C\CCCCCCCCCCCCCC(=O)OC(COC(=O)CCCCCCCCCCCCCCCCCCCCCCCCCCCCCCCC)COP(=O)(O)OCCN. The van der Waals surface area contributed by atoms with E-state index in [0.717, 1.165) is 77.0 Å². The van der Waals surface area contributed by atoms with Gasteiger partial charge in [-0.05, 0) is 57.8 Å². The third-order valence-corrected chi connectivity index (χ3v) is 15.7. The maximum Gasteiger partial charge on any atom is 0.472 e. The fourth-order valence-corrected chi connectivity index (χ4v) is 10.6. The number of rotatable bonds is 63. The maximum absolute atomic E-state index is 12.7. The van der Waals surface area contributed by atoms with Crippen LogP contribution in [0.3, 0.4) is 0 Å². The van der Waals surface area contributed by atoms with Crippen LogP contribution < -0.4 is 5.73 Å². The van der Waals surface area contributed by atoms with Crippen LogP contribution in [0.15, 0.2) is 60.8 Å². The molecule has 0 aromatic heterocycles. The lowest BCUT2D eigenvalue weighted by molar-refractivity contribution is -0.161. The van der Waals surface area contributed by atoms with E-state index in [2.05, 4.69) is 74.6 Å². The van der Waals surface area contributed by atoms with Crippen LogP contribution in [-0.4, -0.2) is 49.3 Å². The Hall–Kier alpha value is -2.29. The number of unbranched alkanes of at least 4 members (excludes halogenated alkanes) is 40. The van der Waals surface area contributed by atoms with E-state index in [9.17, 15) is 19.0 Å². The number of hydrogen-bond donors (Lipinski definition) is 2. The van der Waals surface area contributed by atoms with Crippen molar-refractivity contribution in [3.8, 4) is 0 Å². The molecule has 0 saturated heterocycles. The number of phosphoric ester groups is 1. The van der Waals surface area contributed by atoms with E-state index in [-0.39, 0.29) is 38.6 Å². The molecule has 0 aromatic rings. The summed E-state index contributed by atoms with van der Waals surface area (Å²) in [5.74, 6) is -0.817. The van der Waals surface area contributed by atoms with E-state index in [1.165, 1.54) is 218 Å². The summed E-state index contributed by atoms with van der Waals surface area (Å²) >= 11 is 0. The zero-order valence-electron chi connectivity index (χ0n) is 51.2. The molecule has 78 heavy (non-hydrogen) atoms. The molecule has 0 bridgehead atoms. The Balaban J connectivity index is 3.87. The summed E-state index contributed by atoms with van der Waals surface area (Å²) in [4.78, 5) is 35.3. The van der Waals surface area contributed by atoms with Gasteiger partial charge in [0.15, 0.2) is 6.10 Å². The molecule has 0 amide bonds. The summed E-state index contributed by atoms with van der Waals surface area (Å²) in [6.45, 7) is 3.68. The Morgan fingerprint density at radius 1 is 0.397 bits per heavy atom. The van der Waals surface area contributed by atoms with Crippen LogP contribution in [0, 0.1) is 0 Å². The summed E-state index contributed by atoms with van der Waals surface area (Å²) in [5, 5.41) is 0. The van der Waals surface area contributed by atoms with E-state index in [0.29, 0.717) is 6.42 Å². The second kappa shape index (κ2) is 63.9. The van der Waals surface area contributed by atoms with Crippen molar-refractivity contribution < 1.29 is 37.6 Å². The van der Waals surface area contributed by atoms with E-state index in [1.807, 2.05) is 0 Å². The smallest absolute Gasteiger partial charge is 0.462 e. The molecule has 10 heteroatoms. The molecule has 9 nitrogen and oxygen atoms in total. The van der Waals surface area contributed by atoms with E-state index < -0.39 is 26.5 Å². The standard InChI is InChI=1S/C68H126NO8P/c1-3-5-7-9-11-13-15-17-19-21-23-25-27-29-31-32-33-35-36-38-40-42-44-46-48-50-52-54-56-58-60-67(70)74-64-66(65-76-78(72,73)75-63-62-69)77-68(71)61-59-57-55-53-51-49-47-45-43-41-39-37-34-30-28-26-24-22-20-18-16-14-12-10-8-6-4-2/h6,8,12,14,18,20,24,26,30,34,66H,3-5,7,9-11,13,15-17,19,21-23,25,27-29,31-33,35-65,69H2,1-2H3,(H,72,73)/b8-6-,14-12-,20-18-,26-24-,34-30-. The minimum atomic E-state index is -4.39. The van der Waals surface area contributed by atoms with Crippen molar-refractivity contribution >= 4 is 19.8 Å². The van der Waals surface area contributed by atoms with Crippen LogP contribution in [0.1, 0.15) is 328 Å². The lowest BCUT2D eigenvalue weighted by Crippen LogP contribution is -2.29. The van der Waals surface area contributed by atoms with Gasteiger partial charge in [-0.15, -0.1) is 0 Å². The average molecular weight is 1120 g/mol. The summed E-state index contributed by atoms with van der Waals surface area (Å²) in [6.07, 6.45) is 81.6. The molecule has 0 aliphatic rings. The van der Waals surface area contributed by atoms with Gasteiger partial charge in [0.05, 0.1) is 13.2 Å². The molecule has 0 radical (unpaired) electrons. The number of carbonyl (C=O) groups excluding carboxylic acids is 2. The zero-order chi connectivity index (χ0) is 56.6. The highest BCUT2D eigenvalue weighted by Gasteiger charge is 2.26. The third kappa shape index (κ3) is 62.9. The number of allylic oxidation sites excluding steroid dienone is 10. The Morgan fingerprint density at radius 2 is 0.705 bits per heavy atom. The van der Waals surface area contributed by atoms with Crippen molar-refractivity contribution in [2.45, 2.75) is 335 Å². The molecule has 0 fully saturated rings. The van der Waals surface area contributed by atoms with Gasteiger partial charge in [-0.25, -0.2) is 4.57 Å². The van der Waals surface area contributed by atoms with E-state index in [1.54, 1.807) is 0 Å². The predicted molar refractivity (Wildman–Crippen MR) is 335 cm³/mol. The first-order valence-electron chi connectivity index (χ1n) is 33.3. The first kappa shape index (κ1) is 75.7. The van der Waals surface area contributed by atoms with Crippen molar-refractivity contribution in [3.05, 3.63) is 60.8 Å². The van der Waals surface area contributed by atoms with Crippen molar-refractivity contribution in [1.82, 2.24) is 0 Å². The van der Waals surface area contributed by atoms with Crippen molar-refractivity contribution in [2.75, 3.05) is 26.4 Å². The number of esters is 2. The quantitative estimate of drug-likeness (QED) is 0.0264. The Morgan fingerprint density at radius 3 is 1.05 bits per heavy atom. The summed E-state index contributed by atoms with van der Waals surface area (Å²) in [7, 11) is -4.39. The van der Waals surface area contributed by atoms with Gasteiger partial charge in [0.1, 0.15) is 6.61 Å². The molecule has 0 aliphatic heterocycles. The minimum absolute atomic E-state index is 0.0527. The van der Waals surface area contributed by atoms with Gasteiger partial charge in [0.25, 0.3) is 0 Å². The molecule has 0 rings (SSSR count). The fourth-order valence-electron chi connectivity index (χ4n) is 9.79. The van der Waals surface area contributed by atoms with Gasteiger partial charge in [-0.1, -0.05) is 319 Å². The highest BCUT2D eigenvalue weighted by atomic mass is 31.2. The number of nitrogens with two attached hydrogens (primary N) is 1. The number of hydrogen-bond acceptors (Lipinski definition) is 8. The third-order valence-electron chi connectivity index (χ3n) is 14.7. The maximum atomic E-state index is 12.7. The first-order chi connectivity index (χ1) is 38.3. The monoisotopic (exact) mass is 1120 g/mol. The van der Waals surface area contributed by atoms with Gasteiger partial charge >= 0.3 is 19.8 Å². The molecule has 0 saturated carbocycles. The second-order valence-electron chi connectivity index (χ2n) is 22.3. The molecule has 0 aromatic carbocycles. The van der Waals surface area contributed by atoms with Gasteiger partial charge in [0, 0.05) is 19.4 Å². The van der Waals surface area contributed by atoms with Crippen LogP contribution in [0.5, 0.6) is 0 Å². The molecule has 0 heterocycles. The Kier molecular flexibility index (Phi) is 62.0. The lowest BCUT2D eigenvalue weighted by atomic mass is 10.0. The van der Waals surface area contributed by atoms with Crippen LogP contribution >= 0.6 is 7.82 Å². The fraction of sp³-hybridized carbons (Fsp3) is 0.824. The van der Waals surface area contributed by atoms with Gasteiger partial charge in [-0.3, -0.25) is 18.6 Å². The predicted octanol–water partition coefficient (Wildman–Crippen LogP) is 21.5. The molecule has 2 unspecified atom stereocenters. The molecular formula is C68H126NO8P. The summed E-state index contributed by atoms with van der Waals surface area (Å²) in [6, 6.07) is 0. The van der Waals surface area contributed by atoms with Crippen molar-refractivity contribution in [2.24, 2.45) is 5.73 Å². The van der Waals surface area contributed by atoms with E-state index >= 15 is 0 Å². The number of phosphoric acid groups is 1. The molecule has 2 atom stereocenters. The normalized spacial score (nSPS) is 13.3. The molecule has 3 N–H and O–H groups in total. The molecular weight excluding hydrogens is 990 g/mol. The number of ether oxygens (including phenoxy) is 2. The first-order valence-corrected chi connectivity index (χ1v) is 34.8. The minimum Gasteiger partial charge on any atom is -0.462 e. The molecule has 0 aliphatic carbocycles. The average Bonchev–Trinajstić information content (AvgIpc) is 3.43. The Bertz CT molecular complexity index is 1460. The topological polar surface area (TPSA) is 134 Å². The van der Waals surface area contributed by atoms with Gasteiger partial charge < -0.3 is 20.1 Å². The summed E-state index contributed by atoms with van der Waals surface area (Å²) in [5.41, 5.74) is 5.40. The highest BCUT2D eigenvalue weighted by Crippen LogP contribution is 2.43. The molecule has 456 valence electrons. The van der Waals surface area contributed by atoms with Crippen LogP contribution in [0.2, 0.25) is 0 Å². The zero-order valence-corrected chi connectivity index (χ0v) is 52.1. The molecule has 0 spiro atoms.